The molecule has 14 heteroatoms. The van der Waals surface area contributed by atoms with E-state index in [1.165, 1.54) is 6.07 Å². The second-order valence-electron chi connectivity index (χ2n) is 4.87. The Morgan fingerprint density at radius 2 is 1.44 bits per heavy atom. The predicted molar refractivity (Wildman–Crippen MR) is 99.9 cm³/mol. The van der Waals surface area contributed by atoms with Crippen LogP contribution in [0.15, 0.2) is 27.1 Å². The number of hydrogen-bond donors (Lipinski definition) is 1. The molecule has 0 aromatic heterocycles. The van der Waals surface area contributed by atoms with Gasteiger partial charge in [0.05, 0.1) is 46.2 Å². The summed E-state index contributed by atoms with van der Waals surface area (Å²) in [7, 11) is 0. The number of nitrogens with zero attached hydrogens (tertiary/aromatic N) is 2. The fraction of sp³-hybridized carbons (Fsp3) is 0.0769. The summed E-state index contributed by atoms with van der Waals surface area (Å²) >= 11 is 17.9. The number of non-ortho nitro benzene ring substituents is 1. The summed E-state index contributed by atoms with van der Waals surface area (Å²) in [6, 6.07) is 1.91. The van der Waals surface area contributed by atoms with Gasteiger partial charge in [-0.3, -0.25) is 20.2 Å². The van der Waals surface area contributed by atoms with Gasteiger partial charge in [0.25, 0.3) is 11.4 Å². The third-order valence-electron chi connectivity index (χ3n) is 3.18. The first-order valence-corrected chi connectivity index (χ1v) is 8.82. The number of nitro groups is 2. The second-order valence-corrected chi connectivity index (χ2v) is 7.27. The van der Waals surface area contributed by atoms with Crippen molar-refractivity contribution in [2.24, 2.45) is 0 Å². The van der Waals surface area contributed by atoms with Crippen molar-refractivity contribution < 1.29 is 23.0 Å². The van der Waals surface area contributed by atoms with Crippen molar-refractivity contribution in [1.82, 2.24) is 0 Å². The minimum absolute atomic E-state index is 0.0174. The molecule has 2 aromatic rings. The number of rotatable bonds is 4. The van der Waals surface area contributed by atoms with E-state index in [0.717, 1.165) is 0 Å². The molecular weight excluding hydrogens is 550 g/mol. The molecule has 2 rings (SSSR count). The van der Waals surface area contributed by atoms with E-state index < -0.39 is 38.6 Å². The van der Waals surface area contributed by atoms with Crippen LogP contribution >= 0.6 is 55.1 Å². The topological polar surface area (TPSA) is 98.3 Å². The van der Waals surface area contributed by atoms with Crippen molar-refractivity contribution in [3.63, 3.8) is 0 Å². The Labute approximate surface area is 175 Å². The van der Waals surface area contributed by atoms with E-state index in [-0.39, 0.29) is 30.7 Å². The van der Waals surface area contributed by atoms with E-state index in [9.17, 15) is 33.4 Å². The summed E-state index contributed by atoms with van der Waals surface area (Å²) in [5.74, 6) is 0. The number of nitrogens with one attached hydrogen (secondary N) is 1. The Bertz CT molecular complexity index is 947. The molecule has 2 aromatic carbocycles. The van der Waals surface area contributed by atoms with Gasteiger partial charge in [-0.1, -0.05) is 23.2 Å². The van der Waals surface area contributed by atoms with Crippen molar-refractivity contribution in [2.75, 3.05) is 5.32 Å². The van der Waals surface area contributed by atoms with Gasteiger partial charge in [0.15, 0.2) is 0 Å². The summed E-state index contributed by atoms with van der Waals surface area (Å²) in [5.41, 5.74) is -4.96. The molecule has 0 heterocycles. The number of alkyl halides is 3. The maximum atomic E-state index is 13.4. The minimum Gasteiger partial charge on any atom is -0.347 e. The third-order valence-corrected chi connectivity index (χ3v) is 5.88. The molecule has 7 nitrogen and oxygen atoms in total. The molecule has 0 saturated heterocycles. The summed E-state index contributed by atoms with van der Waals surface area (Å²) in [6.07, 6.45) is -5.12. The van der Waals surface area contributed by atoms with Crippen LogP contribution in [0.25, 0.3) is 0 Å². The Kier molecular flexibility index (Phi) is 6.24. The molecule has 0 unspecified atom stereocenters. The van der Waals surface area contributed by atoms with Crippen LogP contribution in [0.1, 0.15) is 5.56 Å². The first kappa shape index (κ1) is 21.7. The van der Waals surface area contributed by atoms with Crippen molar-refractivity contribution in [3.05, 3.63) is 63.0 Å². The lowest BCUT2D eigenvalue weighted by molar-refractivity contribution is -0.394. The lowest BCUT2D eigenvalue weighted by atomic mass is 10.1. The Morgan fingerprint density at radius 1 is 0.926 bits per heavy atom. The predicted octanol–water partition coefficient (Wildman–Crippen LogP) is 7.10. The van der Waals surface area contributed by atoms with E-state index in [1.54, 1.807) is 0 Å². The van der Waals surface area contributed by atoms with E-state index in [4.69, 9.17) is 23.2 Å². The maximum absolute atomic E-state index is 13.4. The molecule has 0 aliphatic rings. The van der Waals surface area contributed by atoms with Crippen LogP contribution in [0.3, 0.4) is 0 Å². The lowest BCUT2D eigenvalue weighted by Gasteiger charge is -2.17. The molecule has 27 heavy (non-hydrogen) atoms. The van der Waals surface area contributed by atoms with Gasteiger partial charge in [0.2, 0.25) is 0 Å². The first-order valence-electron chi connectivity index (χ1n) is 6.48. The van der Waals surface area contributed by atoms with E-state index in [0.29, 0.717) is 6.07 Å². The van der Waals surface area contributed by atoms with Crippen LogP contribution in [-0.4, -0.2) is 9.85 Å². The van der Waals surface area contributed by atoms with Gasteiger partial charge in [0.1, 0.15) is 5.69 Å². The highest BCUT2D eigenvalue weighted by molar-refractivity contribution is 9.11. The summed E-state index contributed by atoms with van der Waals surface area (Å²) in [4.78, 5) is 19.8. The number of hydrogen-bond acceptors (Lipinski definition) is 5. The highest BCUT2D eigenvalue weighted by atomic mass is 79.9. The van der Waals surface area contributed by atoms with E-state index in [2.05, 4.69) is 37.2 Å². The van der Waals surface area contributed by atoms with Crippen LogP contribution in [0, 0.1) is 20.2 Å². The van der Waals surface area contributed by atoms with Crippen molar-refractivity contribution >= 4 is 77.8 Å². The molecule has 0 amide bonds. The van der Waals surface area contributed by atoms with Crippen LogP contribution in [0.4, 0.5) is 35.9 Å². The number of benzene rings is 2. The number of nitro benzene ring substituents is 2. The van der Waals surface area contributed by atoms with Crippen molar-refractivity contribution in [1.29, 1.82) is 0 Å². The fourth-order valence-electron chi connectivity index (χ4n) is 2.02. The smallest absolute Gasteiger partial charge is 0.347 e. The number of anilines is 2. The van der Waals surface area contributed by atoms with Gasteiger partial charge in [-0.15, -0.1) is 0 Å². The molecule has 0 atom stereocenters. The Morgan fingerprint density at radius 3 is 1.85 bits per heavy atom. The summed E-state index contributed by atoms with van der Waals surface area (Å²) < 4.78 is 40.5. The number of halogens is 7. The standard InChI is InChI=1S/C13H4Br2Cl2F3N3O4/c14-9-6(16)3-7(17)10(15)12(9)21-11-5(13(18,19)20)1-4(22(24)25)2-8(11)23(26)27/h1-3,21H. The molecule has 0 aliphatic carbocycles. The molecule has 0 radical (unpaired) electrons. The quantitative estimate of drug-likeness (QED) is 0.247. The zero-order valence-corrected chi connectivity index (χ0v) is 17.1. The van der Waals surface area contributed by atoms with E-state index in [1.807, 2.05) is 0 Å². The lowest BCUT2D eigenvalue weighted by Crippen LogP contribution is -2.12. The average molecular weight is 554 g/mol. The first-order chi connectivity index (χ1) is 12.3. The Balaban J connectivity index is 2.84. The SMILES string of the molecule is O=[N+]([O-])c1cc([N+](=O)[O-])c(Nc2c(Br)c(Cl)cc(Cl)c2Br)c(C(F)(F)F)c1. The van der Waals surface area contributed by atoms with Crippen molar-refractivity contribution in [3.8, 4) is 0 Å². The van der Waals surface area contributed by atoms with Crippen LogP contribution in [0.2, 0.25) is 10.0 Å². The van der Waals surface area contributed by atoms with E-state index >= 15 is 0 Å². The minimum atomic E-state index is -5.12. The molecule has 0 saturated carbocycles. The van der Waals surface area contributed by atoms with Gasteiger partial charge in [0, 0.05) is 6.07 Å². The zero-order chi connectivity index (χ0) is 20.7. The molecule has 0 fully saturated rings. The van der Waals surface area contributed by atoms with Gasteiger partial charge >= 0.3 is 6.18 Å². The molecule has 0 spiro atoms. The second kappa shape index (κ2) is 7.78. The molecular formula is C13H4Br2Cl2F3N3O4. The van der Waals surface area contributed by atoms with Crippen LogP contribution in [-0.2, 0) is 6.18 Å². The van der Waals surface area contributed by atoms with Gasteiger partial charge in [-0.2, -0.15) is 13.2 Å². The van der Waals surface area contributed by atoms with Gasteiger partial charge < -0.3 is 5.32 Å². The maximum Gasteiger partial charge on any atom is 0.418 e. The van der Waals surface area contributed by atoms with Gasteiger partial charge in [-0.25, -0.2) is 0 Å². The average Bonchev–Trinajstić information content (AvgIpc) is 2.55. The summed E-state index contributed by atoms with van der Waals surface area (Å²) in [5, 5.41) is 24.4. The highest BCUT2D eigenvalue weighted by Crippen LogP contribution is 2.48. The molecule has 1 N–H and O–H groups in total. The molecule has 0 bridgehead atoms. The molecule has 144 valence electrons. The normalized spacial score (nSPS) is 11.4. The summed E-state index contributed by atoms with van der Waals surface area (Å²) in [6.45, 7) is 0. The van der Waals surface area contributed by atoms with Crippen LogP contribution in [0.5, 0.6) is 0 Å². The zero-order valence-electron chi connectivity index (χ0n) is 12.4. The highest BCUT2D eigenvalue weighted by Gasteiger charge is 2.40. The van der Waals surface area contributed by atoms with Crippen LogP contribution < -0.4 is 5.32 Å². The monoisotopic (exact) mass is 551 g/mol. The van der Waals surface area contributed by atoms with Crippen molar-refractivity contribution in [2.45, 2.75) is 6.18 Å². The van der Waals surface area contributed by atoms with Gasteiger partial charge in [-0.05, 0) is 37.9 Å². The largest absolute Gasteiger partial charge is 0.418 e. The fourth-order valence-corrected chi connectivity index (χ4v) is 3.58. The third kappa shape index (κ3) is 4.45. The molecule has 0 aliphatic heterocycles. The Hall–Kier alpha value is -1.63.